The van der Waals surface area contributed by atoms with Gasteiger partial charge in [0.05, 0.1) is 6.61 Å². The van der Waals surface area contributed by atoms with E-state index in [1.54, 1.807) is 0 Å². The molecule has 0 aliphatic heterocycles. The van der Waals surface area contributed by atoms with Crippen molar-refractivity contribution in [3.63, 3.8) is 0 Å². The lowest BCUT2D eigenvalue weighted by Crippen LogP contribution is -2.15. The third kappa shape index (κ3) is 5.05. The Bertz CT molecular complexity index is 973. The molecule has 2 aromatic carbocycles. The largest absolute Gasteiger partial charge is 0.463 e. The third-order valence-corrected chi connectivity index (χ3v) is 4.51. The first-order chi connectivity index (χ1) is 13.0. The average Bonchev–Trinajstić information content (AvgIpc) is 3.04. The van der Waals surface area contributed by atoms with Gasteiger partial charge in [-0.2, -0.15) is 4.98 Å². The van der Waals surface area contributed by atoms with Crippen LogP contribution in [0.3, 0.4) is 0 Å². The predicted molar refractivity (Wildman–Crippen MR) is 99.2 cm³/mol. The maximum Gasteiger partial charge on any atom is 0.302 e. The molecule has 0 unspecified atom stereocenters. The first kappa shape index (κ1) is 18.9. The summed E-state index contributed by atoms with van der Waals surface area (Å²) in [5.74, 6) is -1.17. The van der Waals surface area contributed by atoms with Crippen LogP contribution in [0, 0.1) is 0 Å². The van der Waals surface area contributed by atoms with Crippen molar-refractivity contribution in [3.8, 4) is 0 Å². The molecule has 3 aromatic rings. The molecule has 0 atom stereocenters. The topological polar surface area (TPSA) is 109 Å². The fourth-order valence-corrected chi connectivity index (χ4v) is 3.19. The van der Waals surface area contributed by atoms with E-state index in [1.165, 1.54) is 23.4 Å². The number of hydrogen-bond donors (Lipinski definition) is 1. The van der Waals surface area contributed by atoms with E-state index in [0.29, 0.717) is 5.16 Å². The first-order valence-corrected chi connectivity index (χ1v) is 8.97. The predicted octanol–water partition coefficient (Wildman–Crippen LogP) is 2.22. The molecular formula is C18H18N4O4S. The van der Waals surface area contributed by atoms with Crippen LogP contribution in [0.5, 0.6) is 0 Å². The van der Waals surface area contributed by atoms with E-state index in [4.69, 9.17) is 15.2 Å². The number of carbonyl (C=O) groups is 2. The number of benzene rings is 2. The van der Waals surface area contributed by atoms with Crippen molar-refractivity contribution in [2.75, 3.05) is 13.2 Å². The van der Waals surface area contributed by atoms with E-state index in [1.807, 2.05) is 42.5 Å². The van der Waals surface area contributed by atoms with Crippen LogP contribution < -0.4 is 5.73 Å². The Morgan fingerprint density at radius 2 is 1.93 bits per heavy atom. The van der Waals surface area contributed by atoms with Gasteiger partial charge in [0.25, 0.3) is 5.91 Å². The lowest BCUT2D eigenvalue weighted by molar-refractivity contribution is -0.143. The normalized spacial score (nSPS) is 10.9. The molecular weight excluding hydrogens is 368 g/mol. The SMILES string of the molecule is CC(=O)OCCOCn1nc(C(N)=O)nc1Sc1ccc2ccccc2c1. The maximum absolute atomic E-state index is 11.4. The molecule has 3 rings (SSSR count). The molecule has 0 fully saturated rings. The van der Waals surface area contributed by atoms with Crippen LogP contribution in [0.1, 0.15) is 17.5 Å². The van der Waals surface area contributed by atoms with Crippen molar-refractivity contribution in [3.05, 3.63) is 48.3 Å². The van der Waals surface area contributed by atoms with Gasteiger partial charge in [-0.1, -0.05) is 42.1 Å². The molecule has 8 nitrogen and oxygen atoms in total. The second-order valence-corrected chi connectivity index (χ2v) is 6.61. The Hall–Kier alpha value is -2.91. The molecule has 2 N–H and O–H groups in total. The monoisotopic (exact) mass is 386 g/mol. The van der Waals surface area contributed by atoms with E-state index >= 15 is 0 Å². The summed E-state index contributed by atoms with van der Waals surface area (Å²) in [6.45, 7) is 1.72. The van der Waals surface area contributed by atoms with Crippen molar-refractivity contribution >= 4 is 34.4 Å². The van der Waals surface area contributed by atoms with E-state index in [-0.39, 0.29) is 31.7 Å². The van der Waals surface area contributed by atoms with Crippen molar-refractivity contribution in [2.45, 2.75) is 23.7 Å². The Morgan fingerprint density at radius 1 is 1.15 bits per heavy atom. The van der Waals surface area contributed by atoms with Crippen molar-refractivity contribution in [2.24, 2.45) is 5.73 Å². The minimum absolute atomic E-state index is 0.0530. The highest BCUT2D eigenvalue weighted by molar-refractivity contribution is 7.99. The third-order valence-electron chi connectivity index (χ3n) is 3.53. The van der Waals surface area contributed by atoms with Gasteiger partial charge in [0, 0.05) is 11.8 Å². The van der Waals surface area contributed by atoms with Crippen LogP contribution in [0.25, 0.3) is 10.8 Å². The molecule has 1 amide bonds. The zero-order valence-electron chi connectivity index (χ0n) is 14.6. The number of fused-ring (bicyclic) bond motifs is 1. The van der Waals surface area contributed by atoms with E-state index in [0.717, 1.165) is 15.7 Å². The molecule has 9 heteroatoms. The molecule has 0 saturated heterocycles. The fraction of sp³-hybridized carbons (Fsp3) is 0.222. The summed E-state index contributed by atoms with van der Waals surface area (Å²) in [6.07, 6.45) is 0. The quantitative estimate of drug-likeness (QED) is 0.467. The van der Waals surface area contributed by atoms with E-state index in [9.17, 15) is 9.59 Å². The minimum atomic E-state index is -0.714. The fourth-order valence-electron chi connectivity index (χ4n) is 2.32. The van der Waals surface area contributed by atoms with Crippen LogP contribution in [0.4, 0.5) is 0 Å². The molecule has 0 aliphatic carbocycles. The van der Waals surface area contributed by atoms with Gasteiger partial charge in [0.1, 0.15) is 13.3 Å². The number of rotatable bonds is 8. The summed E-state index contributed by atoms with van der Waals surface area (Å²) < 4.78 is 11.7. The molecule has 1 aromatic heterocycles. The van der Waals surface area contributed by atoms with Crippen LogP contribution in [-0.4, -0.2) is 39.9 Å². The van der Waals surface area contributed by atoms with Crippen molar-refractivity contribution < 1.29 is 19.1 Å². The second-order valence-electron chi connectivity index (χ2n) is 5.57. The van der Waals surface area contributed by atoms with Gasteiger partial charge in [-0.15, -0.1) is 5.10 Å². The van der Waals surface area contributed by atoms with Gasteiger partial charge in [-0.3, -0.25) is 9.59 Å². The van der Waals surface area contributed by atoms with Crippen molar-refractivity contribution in [1.82, 2.24) is 14.8 Å². The summed E-state index contributed by atoms with van der Waals surface area (Å²) in [7, 11) is 0. The van der Waals surface area contributed by atoms with E-state index in [2.05, 4.69) is 10.1 Å². The molecule has 0 spiro atoms. The zero-order valence-corrected chi connectivity index (χ0v) is 15.4. The Morgan fingerprint density at radius 3 is 2.67 bits per heavy atom. The standard InChI is InChI=1S/C18H18N4O4S/c1-12(23)26-9-8-25-11-22-18(20-17(21-22)16(19)24)27-15-7-6-13-4-2-3-5-14(13)10-15/h2-7,10H,8-9,11H2,1H3,(H2,19,24). The molecule has 0 radical (unpaired) electrons. The number of carbonyl (C=O) groups excluding carboxylic acids is 2. The van der Waals surface area contributed by atoms with Crippen molar-refractivity contribution in [1.29, 1.82) is 0 Å². The van der Waals surface area contributed by atoms with Gasteiger partial charge >= 0.3 is 5.97 Å². The molecule has 1 heterocycles. The maximum atomic E-state index is 11.4. The van der Waals surface area contributed by atoms with Crippen LogP contribution in [0.2, 0.25) is 0 Å². The summed E-state index contributed by atoms with van der Waals surface area (Å²) in [4.78, 5) is 27.3. The smallest absolute Gasteiger partial charge is 0.302 e. The van der Waals surface area contributed by atoms with Gasteiger partial charge in [-0.25, -0.2) is 4.68 Å². The number of aromatic nitrogens is 3. The molecule has 27 heavy (non-hydrogen) atoms. The first-order valence-electron chi connectivity index (χ1n) is 8.15. The van der Waals surface area contributed by atoms with Crippen LogP contribution in [-0.2, 0) is 21.0 Å². The van der Waals surface area contributed by atoms with Gasteiger partial charge in [0.15, 0.2) is 5.16 Å². The highest BCUT2D eigenvalue weighted by atomic mass is 32.2. The Kier molecular flexibility index (Phi) is 6.05. The van der Waals surface area contributed by atoms with Gasteiger partial charge < -0.3 is 15.2 Å². The minimum Gasteiger partial charge on any atom is -0.463 e. The number of nitrogens with zero attached hydrogens (tertiary/aromatic N) is 3. The number of esters is 1. The van der Waals surface area contributed by atoms with Crippen LogP contribution in [0.15, 0.2) is 52.5 Å². The molecule has 140 valence electrons. The lowest BCUT2D eigenvalue weighted by atomic mass is 10.1. The molecule has 0 saturated carbocycles. The molecule has 0 aliphatic rings. The Balaban J connectivity index is 1.74. The number of primary amides is 1. The average molecular weight is 386 g/mol. The van der Waals surface area contributed by atoms with E-state index < -0.39 is 5.91 Å². The zero-order chi connectivity index (χ0) is 19.2. The summed E-state index contributed by atoms with van der Waals surface area (Å²) in [5.41, 5.74) is 5.29. The number of amides is 1. The second kappa shape index (κ2) is 8.65. The molecule has 0 bridgehead atoms. The van der Waals surface area contributed by atoms with Gasteiger partial charge in [-0.05, 0) is 22.9 Å². The summed E-state index contributed by atoms with van der Waals surface area (Å²) in [6, 6.07) is 14.0. The number of hydrogen-bond acceptors (Lipinski definition) is 7. The summed E-state index contributed by atoms with van der Waals surface area (Å²) in [5, 5.41) is 6.79. The van der Waals surface area contributed by atoms with Crippen LogP contribution >= 0.6 is 11.8 Å². The highest BCUT2D eigenvalue weighted by Crippen LogP contribution is 2.29. The Labute approximate surface area is 159 Å². The number of nitrogens with two attached hydrogens (primary N) is 1. The van der Waals surface area contributed by atoms with Gasteiger partial charge in [0.2, 0.25) is 5.82 Å². The number of ether oxygens (including phenoxy) is 2. The lowest BCUT2D eigenvalue weighted by Gasteiger charge is -2.07. The highest BCUT2D eigenvalue weighted by Gasteiger charge is 2.15. The summed E-state index contributed by atoms with van der Waals surface area (Å²) >= 11 is 1.35.